The number of carbonyl (C=O) groups excluding carboxylic acids is 1. The largest absolute Gasteiger partial charge is 0.434 e. The van der Waals surface area contributed by atoms with E-state index in [1.54, 1.807) is 32.3 Å². The fourth-order valence-electron chi connectivity index (χ4n) is 2.45. The summed E-state index contributed by atoms with van der Waals surface area (Å²) in [7, 11) is 3.22. The van der Waals surface area contributed by atoms with Crippen molar-refractivity contribution < 1.29 is 18.3 Å². The van der Waals surface area contributed by atoms with Crippen LogP contribution in [0.3, 0.4) is 0 Å². The molecule has 124 valence electrons. The molecule has 8 heteroatoms. The van der Waals surface area contributed by atoms with Gasteiger partial charge in [0.1, 0.15) is 11.7 Å². The summed E-state index contributed by atoms with van der Waals surface area (Å²) in [6, 6.07) is 5.65. The van der Waals surface area contributed by atoms with E-state index < -0.39 is 18.6 Å². The summed E-state index contributed by atoms with van der Waals surface area (Å²) in [5.74, 6) is -0.942. The molecular weight excluding hydrogens is 324 g/mol. The van der Waals surface area contributed by atoms with E-state index in [4.69, 9.17) is 12.2 Å². The van der Waals surface area contributed by atoms with E-state index in [-0.39, 0.29) is 16.8 Å². The second-order valence-electron chi connectivity index (χ2n) is 5.23. The van der Waals surface area contributed by atoms with Gasteiger partial charge in [0.2, 0.25) is 5.91 Å². The second kappa shape index (κ2) is 6.91. The number of carbonyl (C=O) groups is 1. The first-order chi connectivity index (χ1) is 10.8. The van der Waals surface area contributed by atoms with Crippen LogP contribution < -0.4 is 15.4 Å². The maximum Gasteiger partial charge on any atom is 0.387 e. The third-order valence-corrected chi connectivity index (χ3v) is 3.67. The van der Waals surface area contributed by atoms with E-state index in [0.717, 1.165) is 0 Å². The Kier molecular flexibility index (Phi) is 5.15. The predicted molar refractivity (Wildman–Crippen MR) is 86.0 cm³/mol. The minimum Gasteiger partial charge on any atom is -0.434 e. The highest BCUT2D eigenvalue weighted by Gasteiger charge is 2.38. The topological polar surface area (TPSA) is 53.6 Å². The summed E-state index contributed by atoms with van der Waals surface area (Å²) in [4.78, 5) is 13.9. The molecular formula is C15H17F2N3O2S. The molecule has 1 fully saturated rings. The van der Waals surface area contributed by atoms with Gasteiger partial charge in [-0.2, -0.15) is 8.78 Å². The van der Waals surface area contributed by atoms with Crippen molar-refractivity contribution in [3.05, 3.63) is 42.1 Å². The number of hydrogen-bond acceptors (Lipinski definition) is 3. The van der Waals surface area contributed by atoms with Gasteiger partial charge in [0.05, 0.1) is 6.04 Å². The Hall–Kier alpha value is -2.22. The molecule has 0 bridgehead atoms. The molecule has 0 unspecified atom stereocenters. The van der Waals surface area contributed by atoms with E-state index in [0.29, 0.717) is 11.3 Å². The van der Waals surface area contributed by atoms with Crippen LogP contribution in [0, 0.1) is 5.92 Å². The molecule has 5 nitrogen and oxygen atoms in total. The lowest BCUT2D eigenvalue weighted by Gasteiger charge is -2.37. The normalized spacial score (nSPS) is 20.7. The van der Waals surface area contributed by atoms with Gasteiger partial charge in [-0.3, -0.25) is 4.79 Å². The number of alkyl halides is 2. The monoisotopic (exact) mass is 341 g/mol. The first-order valence-electron chi connectivity index (χ1n) is 6.82. The van der Waals surface area contributed by atoms with Crippen LogP contribution in [-0.2, 0) is 4.79 Å². The van der Waals surface area contributed by atoms with Crippen molar-refractivity contribution in [1.82, 2.24) is 15.5 Å². The van der Waals surface area contributed by atoms with Crippen molar-refractivity contribution >= 4 is 23.2 Å². The lowest BCUT2D eigenvalue weighted by molar-refractivity contribution is -0.132. The van der Waals surface area contributed by atoms with Crippen LogP contribution in [0.2, 0.25) is 0 Å². The minimum atomic E-state index is -2.96. The molecule has 1 aliphatic heterocycles. The number of rotatable bonds is 4. The number of nitrogens with one attached hydrogen (secondary N) is 2. The highest BCUT2D eigenvalue weighted by atomic mass is 32.1. The predicted octanol–water partition coefficient (Wildman–Crippen LogP) is 2.02. The van der Waals surface area contributed by atoms with Gasteiger partial charge in [0, 0.05) is 25.4 Å². The van der Waals surface area contributed by atoms with Crippen molar-refractivity contribution in [3.8, 4) is 5.75 Å². The van der Waals surface area contributed by atoms with Crippen molar-refractivity contribution in [2.45, 2.75) is 12.7 Å². The quantitative estimate of drug-likeness (QED) is 0.821. The van der Waals surface area contributed by atoms with E-state index in [1.165, 1.54) is 11.0 Å². The number of benzene rings is 1. The molecule has 1 heterocycles. The van der Waals surface area contributed by atoms with Crippen LogP contribution in [0.25, 0.3) is 0 Å². The Morgan fingerprint density at radius 3 is 2.65 bits per heavy atom. The SMILES string of the molecule is C=C1NC(=S)N[C@H](c2ccccc2OC(F)F)[C@@H]1C(=O)N(C)C. The average Bonchev–Trinajstić information content (AvgIpc) is 2.45. The maximum absolute atomic E-state index is 12.6. The van der Waals surface area contributed by atoms with Gasteiger partial charge in [-0.1, -0.05) is 24.8 Å². The van der Waals surface area contributed by atoms with Crippen molar-refractivity contribution in [2.24, 2.45) is 5.92 Å². The molecule has 0 spiro atoms. The lowest BCUT2D eigenvalue weighted by atomic mass is 9.87. The number of ether oxygens (including phenoxy) is 1. The smallest absolute Gasteiger partial charge is 0.387 e. The number of para-hydroxylation sites is 1. The standard InChI is InChI=1S/C15H17F2N3O2S/c1-8-11(13(21)20(2)3)12(19-15(23)18-8)9-6-4-5-7-10(9)22-14(16)17/h4-7,11-12,14H,1H2,2-3H3,(H2,18,19,23)/t11-,12-/m1/s1. The van der Waals surface area contributed by atoms with E-state index in [2.05, 4.69) is 21.9 Å². The molecule has 0 saturated carbocycles. The first kappa shape index (κ1) is 17.1. The van der Waals surface area contributed by atoms with Gasteiger partial charge in [0.25, 0.3) is 0 Å². The van der Waals surface area contributed by atoms with Gasteiger partial charge in [-0.15, -0.1) is 0 Å². The average molecular weight is 341 g/mol. The zero-order valence-corrected chi connectivity index (χ0v) is 13.5. The molecule has 1 aliphatic rings. The third-order valence-electron chi connectivity index (χ3n) is 3.45. The fourth-order valence-corrected chi connectivity index (χ4v) is 2.71. The number of thiocarbonyl (C=S) groups is 1. The number of amides is 1. The Labute approximate surface area is 138 Å². The molecule has 2 rings (SSSR count). The van der Waals surface area contributed by atoms with Crippen molar-refractivity contribution in [2.75, 3.05) is 14.1 Å². The van der Waals surface area contributed by atoms with Crippen molar-refractivity contribution in [1.29, 1.82) is 0 Å². The fraction of sp³-hybridized carbons (Fsp3) is 0.333. The zero-order valence-electron chi connectivity index (χ0n) is 12.7. The van der Waals surface area contributed by atoms with Crippen molar-refractivity contribution in [3.63, 3.8) is 0 Å². The molecule has 1 aromatic carbocycles. The van der Waals surface area contributed by atoms with E-state index in [1.807, 2.05) is 0 Å². The summed E-state index contributed by atoms with van der Waals surface area (Å²) < 4.78 is 29.8. The molecule has 23 heavy (non-hydrogen) atoms. The Morgan fingerprint density at radius 2 is 2.04 bits per heavy atom. The van der Waals surface area contributed by atoms with Crippen LogP contribution in [0.1, 0.15) is 11.6 Å². The number of hydrogen-bond donors (Lipinski definition) is 2. The number of halogens is 2. The summed E-state index contributed by atoms with van der Waals surface area (Å²) >= 11 is 5.10. The van der Waals surface area contributed by atoms with Gasteiger partial charge in [-0.25, -0.2) is 0 Å². The summed E-state index contributed by atoms with van der Waals surface area (Å²) in [6.07, 6.45) is 0. The molecule has 2 atom stereocenters. The Balaban J connectivity index is 2.46. The highest BCUT2D eigenvalue weighted by Crippen LogP contribution is 2.36. The van der Waals surface area contributed by atoms with Gasteiger partial charge < -0.3 is 20.3 Å². The summed E-state index contributed by atoms with van der Waals surface area (Å²) in [6.45, 7) is 0.879. The Morgan fingerprint density at radius 1 is 1.39 bits per heavy atom. The molecule has 0 radical (unpaired) electrons. The zero-order chi connectivity index (χ0) is 17.1. The third kappa shape index (κ3) is 3.76. The molecule has 2 N–H and O–H groups in total. The molecule has 0 aliphatic carbocycles. The first-order valence-corrected chi connectivity index (χ1v) is 7.23. The van der Waals surface area contributed by atoms with Gasteiger partial charge in [-0.05, 0) is 18.3 Å². The molecule has 0 aromatic heterocycles. The van der Waals surface area contributed by atoms with Crippen LogP contribution in [0.4, 0.5) is 8.78 Å². The van der Waals surface area contributed by atoms with Crippen LogP contribution in [-0.4, -0.2) is 36.6 Å². The maximum atomic E-state index is 12.6. The summed E-state index contributed by atoms with van der Waals surface area (Å²) in [5, 5.41) is 6.04. The van der Waals surface area contributed by atoms with Crippen LogP contribution in [0.5, 0.6) is 5.75 Å². The molecule has 1 saturated heterocycles. The molecule has 1 amide bonds. The second-order valence-corrected chi connectivity index (χ2v) is 5.64. The van der Waals surface area contributed by atoms with E-state index in [9.17, 15) is 13.6 Å². The van der Waals surface area contributed by atoms with Crippen LogP contribution in [0.15, 0.2) is 36.5 Å². The molecule has 1 aromatic rings. The Bertz CT molecular complexity index is 637. The lowest BCUT2D eigenvalue weighted by Crippen LogP contribution is -2.52. The minimum absolute atomic E-state index is 0.00550. The van der Waals surface area contributed by atoms with Gasteiger partial charge in [0.15, 0.2) is 5.11 Å². The van der Waals surface area contributed by atoms with Crippen LogP contribution >= 0.6 is 12.2 Å². The highest BCUT2D eigenvalue weighted by molar-refractivity contribution is 7.80. The summed E-state index contributed by atoms with van der Waals surface area (Å²) in [5.41, 5.74) is 0.822. The number of nitrogens with zero attached hydrogens (tertiary/aromatic N) is 1. The van der Waals surface area contributed by atoms with Gasteiger partial charge >= 0.3 is 6.61 Å². The van der Waals surface area contributed by atoms with E-state index >= 15 is 0 Å².